The summed E-state index contributed by atoms with van der Waals surface area (Å²) in [5.74, 6) is 2.33. The molecule has 126 valence electrons. The molecule has 1 aromatic rings. The zero-order valence-electron chi connectivity index (χ0n) is 13.9. The predicted octanol–water partition coefficient (Wildman–Crippen LogP) is 1.24. The van der Waals surface area contributed by atoms with E-state index in [2.05, 4.69) is 0 Å². The molecule has 6 nitrogen and oxygen atoms in total. The Labute approximate surface area is 140 Å². The van der Waals surface area contributed by atoms with Crippen molar-refractivity contribution < 1.29 is 19.1 Å². The van der Waals surface area contributed by atoms with E-state index in [0.29, 0.717) is 23.1 Å². The van der Waals surface area contributed by atoms with Crippen LogP contribution in [0.1, 0.15) is 5.56 Å². The van der Waals surface area contributed by atoms with Crippen LogP contribution in [-0.2, 0) is 16.0 Å². The van der Waals surface area contributed by atoms with Crippen LogP contribution in [0.15, 0.2) is 18.2 Å². The summed E-state index contributed by atoms with van der Waals surface area (Å²) in [6, 6.07) is 5.04. The molecule has 1 atom stereocenters. The first kappa shape index (κ1) is 17.5. The van der Waals surface area contributed by atoms with Gasteiger partial charge < -0.3 is 19.3 Å². The fraction of sp³-hybridized carbons (Fsp3) is 0.500. The van der Waals surface area contributed by atoms with Crippen molar-refractivity contribution in [1.29, 1.82) is 0 Å². The van der Waals surface area contributed by atoms with Crippen molar-refractivity contribution in [3.8, 4) is 11.5 Å². The van der Waals surface area contributed by atoms with Crippen LogP contribution in [0.4, 0.5) is 0 Å². The quantitative estimate of drug-likeness (QED) is 0.808. The zero-order chi connectivity index (χ0) is 17.0. The topological polar surface area (TPSA) is 59.1 Å². The van der Waals surface area contributed by atoms with Gasteiger partial charge in [0.25, 0.3) is 0 Å². The summed E-state index contributed by atoms with van der Waals surface area (Å²) in [6.45, 7) is 0. The van der Waals surface area contributed by atoms with E-state index in [1.807, 2.05) is 6.07 Å². The summed E-state index contributed by atoms with van der Waals surface area (Å²) < 4.78 is 10.5. The third kappa shape index (κ3) is 3.90. The number of nitrogens with zero attached hydrogens (tertiary/aromatic N) is 2. The summed E-state index contributed by atoms with van der Waals surface area (Å²) in [7, 11) is 6.55. The highest BCUT2D eigenvalue weighted by Crippen LogP contribution is 2.29. The summed E-state index contributed by atoms with van der Waals surface area (Å²) in [4.78, 5) is 27.9. The van der Waals surface area contributed by atoms with Crippen LogP contribution >= 0.6 is 11.8 Å². The molecule has 1 heterocycles. The number of hydrogen-bond donors (Lipinski definition) is 0. The Kier molecular flexibility index (Phi) is 5.76. The third-order valence-corrected chi connectivity index (χ3v) is 4.74. The lowest BCUT2D eigenvalue weighted by atomic mass is 10.1. The molecule has 0 saturated carbocycles. The lowest BCUT2D eigenvalue weighted by Crippen LogP contribution is -2.47. The highest BCUT2D eigenvalue weighted by atomic mass is 32.2. The van der Waals surface area contributed by atoms with Crippen molar-refractivity contribution >= 4 is 23.6 Å². The summed E-state index contributed by atoms with van der Waals surface area (Å²) in [5.41, 5.74) is 0.834. The van der Waals surface area contributed by atoms with Crippen molar-refractivity contribution in [3.05, 3.63) is 23.8 Å². The Balaban J connectivity index is 2.11. The Morgan fingerprint density at radius 1 is 1.26 bits per heavy atom. The molecular weight excluding hydrogens is 316 g/mol. The van der Waals surface area contributed by atoms with E-state index in [1.54, 1.807) is 57.1 Å². The second kappa shape index (κ2) is 7.59. The van der Waals surface area contributed by atoms with Gasteiger partial charge in [0.1, 0.15) is 6.04 Å². The number of ether oxygens (including phenoxy) is 2. The van der Waals surface area contributed by atoms with Gasteiger partial charge in [-0.15, -0.1) is 11.8 Å². The highest BCUT2D eigenvalue weighted by Gasteiger charge is 2.35. The second-order valence-corrected chi connectivity index (χ2v) is 6.48. The Bertz CT molecular complexity index is 591. The summed E-state index contributed by atoms with van der Waals surface area (Å²) in [6.07, 6.45) is 0.234. The first-order valence-electron chi connectivity index (χ1n) is 7.27. The molecule has 1 aliphatic heterocycles. The van der Waals surface area contributed by atoms with Gasteiger partial charge in [0.2, 0.25) is 11.8 Å². The van der Waals surface area contributed by atoms with E-state index < -0.39 is 0 Å². The molecule has 23 heavy (non-hydrogen) atoms. The molecule has 0 radical (unpaired) electrons. The van der Waals surface area contributed by atoms with E-state index in [9.17, 15) is 9.59 Å². The van der Waals surface area contributed by atoms with Gasteiger partial charge in [-0.2, -0.15) is 0 Å². The van der Waals surface area contributed by atoms with Crippen LogP contribution in [0.5, 0.6) is 11.5 Å². The molecule has 2 rings (SSSR count). The van der Waals surface area contributed by atoms with E-state index in [-0.39, 0.29) is 24.3 Å². The molecule has 1 fully saturated rings. The van der Waals surface area contributed by atoms with Gasteiger partial charge in [-0.3, -0.25) is 9.59 Å². The van der Waals surface area contributed by atoms with Gasteiger partial charge in [0.05, 0.1) is 26.5 Å². The van der Waals surface area contributed by atoms with Crippen molar-refractivity contribution in [2.45, 2.75) is 12.5 Å². The fourth-order valence-corrected chi connectivity index (χ4v) is 3.63. The zero-order valence-corrected chi connectivity index (χ0v) is 14.7. The smallest absolute Gasteiger partial charge is 0.245 e. The molecule has 0 aromatic heterocycles. The van der Waals surface area contributed by atoms with E-state index in [4.69, 9.17) is 9.47 Å². The first-order chi connectivity index (χ1) is 11.0. The van der Waals surface area contributed by atoms with Crippen LogP contribution in [0.3, 0.4) is 0 Å². The van der Waals surface area contributed by atoms with Gasteiger partial charge in [-0.1, -0.05) is 6.07 Å². The maximum Gasteiger partial charge on any atom is 0.245 e. The van der Waals surface area contributed by atoms with Crippen LogP contribution in [0.25, 0.3) is 0 Å². The number of carbonyl (C=O) groups excluding carboxylic acids is 2. The predicted molar refractivity (Wildman–Crippen MR) is 89.9 cm³/mol. The van der Waals surface area contributed by atoms with Crippen LogP contribution in [0.2, 0.25) is 0 Å². The number of methoxy groups -OCH3 is 2. The fourth-order valence-electron chi connectivity index (χ4n) is 2.46. The number of benzene rings is 1. The first-order valence-corrected chi connectivity index (χ1v) is 8.42. The van der Waals surface area contributed by atoms with Gasteiger partial charge in [0, 0.05) is 19.8 Å². The minimum absolute atomic E-state index is 0.0318. The maximum atomic E-state index is 12.6. The van der Waals surface area contributed by atoms with Gasteiger partial charge >= 0.3 is 0 Å². The van der Waals surface area contributed by atoms with Gasteiger partial charge in [-0.05, 0) is 17.7 Å². The number of hydrogen-bond acceptors (Lipinski definition) is 5. The minimum atomic E-state index is -0.373. The molecule has 1 aliphatic rings. The molecule has 7 heteroatoms. The van der Waals surface area contributed by atoms with E-state index >= 15 is 0 Å². The highest BCUT2D eigenvalue weighted by molar-refractivity contribution is 7.99. The van der Waals surface area contributed by atoms with Gasteiger partial charge in [-0.25, -0.2) is 0 Å². The Hall–Kier alpha value is -1.89. The number of carbonyl (C=O) groups is 2. The van der Waals surface area contributed by atoms with Crippen molar-refractivity contribution in [1.82, 2.24) is 9.80 Å². The van der Waals surface area contributed by atoms with Crippen molar-refractivity contribution in [2.75, 3.05) is 39.9 Å². The average Bonchev–Trinajstić information content (AvgIpc) is 3.03. The molecule has 0 bridgehead atoms. The molecular formula is C16H22N2O4S. The Morgan fingerprint density at radius 2 is 1.96 bits per heavy atom. The number of thioether (sulfide) groups is 1. The lowest BCUT2D eigenvalue weighted by molar-refractivity contribution is -0.141. The number of rotatable bonds is 5. The summed E-state index contributed by atoms with van der Waals surface area (Å²) >= 11 is 1.60. The molecule has 1 unspecified atom stereocenters. The molecule has 0 spiro atoms. The second-order valence-electron chi connectivity index (χ2n) is 5.48. The average molecular weight is 338 g/mol. The SMILES string of the molecule is COc1ccc(CC(=O)N2CSCC2C(=O)N(C)C)cc1OC. The minimum Gasteiger partial charge on any atom is -0.493 e. The van der Waals surface area contributed by atoms with Gasteiger partial charge in [0.15, 0.2) is 11.5 Å². The molecule has 0 aliphatic carbocycles. The largest absolute Gasteiger partial charge is 0.493 e. The monoisotopic (exact) mass is 338 g/mol. The van der Waals surface area contributed by atoms with Crippen LogP contribution in [-0.4, -0.2) is 67.6 Å². The number of amides is 2. The molecule has 1 aromatic carbocycles. The van der Waals surface area contributed by atoms with E-state index in [0.717, 1.165) is 5.56 Å². The number of likely N-dealkylation sites (N-methyl/N-ethyl adjacent to an activating group) is 1. The van der Waals surface area contributed by atoms with Crippen LogP contribution < -0.4 is 9.47 Å². The Morgan fingerprint density at radius 3 is 2.57 bits per heavy atom. The standard InChI is InChI=1S/C16H22N2O4S/c1-17(2)16(20)12-9-23-10-18(12)15(19)8-11-5-6-13(21-3)14(7-11)22-4/h5-7,12H,8-10H2,1-4H3. The van der Waals surface area contributed by atoms with Crippen molar-refractivity contribution in [3.63, 3.8) is 0 Å². The van der Waals surface area contributed by atoms with Crippen LogP contribution in [0, 0.1) is 0 Å². The normalized spacial score (nSPS) is 17.0. The maximum absolute atomic E-state index is 12.6. The third-order valence-electron chi connectivity index (χ3n) is 3.73. The van der Waals surface area contributed by atoms with E-state index in [1.165, 1.54) is 4.90 Å². The molecule has 0 N–H and O–H groups in total. The molecule has 1 saturated heterocycles. The molecule has 2 amide bonds. The lowest BCUT2D eigenvalue weighted by Gasteiger charge is -2.25. The van der Waals surface area contributed by atoms with Crippen molar-refractivity contribution in [2.24, 2.45) is 0 Å². The summed E-state index contributed by atoms with van der Waals surface area (Å²) in [5, 5.41) is 0.